The number of ketones is 1. The third kappa shape index (κ3) is 2.33. The summed E-state index contributed by atoms with van der Waals surface area (Å²) in [5, 5.41) is 8.65. The zero-order chi connectivity index (χ0) is 12.3. The molecular formula is C10H9BrO5. The molecule has 0 aliphatic carbocycles. The summed E-state index contributed by atoms with van der Waals surface area (Å²) < 4.78 is 10.5. The molecule has 1 aromatic rings. The third-order valence-electron chi connectivity index (χ3n) is 1.88. The van der Waals surface area contributed by atoms with Gasteiger partial charge >= 0.3 is 5.97 Å². The molecule has 1 N–H and O–H groups in total. The Morgan fingerprint density at radius 2 is 1.88 bits per heavy atom. The van der Waals surface area contributed by atoms with Crippen molar-refractivity contribution in [2.75, 3.05) is 14.2 Å². The summed E-state index contributed by atoms with van der Waals surface area (Å²) in [6.07, 6.45) is 0. The van der Waals surface area contributed by atoms with E-state index in [2.05, 4.69) is 15.9 Å². The maximum Gasteiger partial charge on any atom is 0.377 e. The number of methoxy groups -OCH3 is 2. The average molecular weight is 289 g/mol. The zero-order valence-electron chi connectivity index (χ0n) is 8.61. The lowest BCUT2D eigenvalue weighted by Crippen LogP contribution is -2.14. The minimum atomic E-state index is -1.54. The van der Waals surface area contributed by atoms with Crippen LogP contribution in [0.15, 0.2) is 16.6 Å². The van der Waals surface area contributed by atoms with Crippen molar-refractivity contribution >= 4 is 27.7 Å². The normalized spacial score (nSPS) is 9.69. The van der Waals surface area contributed by atoms with Gasteiger partial charge in [0.15, 0.2) is 11.5 Å². The van der Waals surface area contributed by atoms with E-state index in [0.717, 1.165) is 0 Å². The SMILES string of the molecule is COc1cc(Br)cc(C(=O)C(=O)O)c1OC. The molecule has 0 saturated carbocycles. The van der Waals surface area contributed by atoms with Crippen molar-refractivity contribution in [1.82, 2.24) is 0 Å². The summed E-state index contributed by atoms with van der Waals surface area (Å²) in [6.45, 7) is 0. The summed E-state index contributed by atoms with van der Waals surface area (Å²) in [4.78, 5) is 22.0. The van der Waals surface area contributed by atoms with E-state index < -0.39 is 11.8 Å². The van der Waals surface area contributed by atoms with Gasteiger partial charge in [-0.05, 0) is 12.1 Å². The second kappa shape index (κ2) is 4.98. The van der Waals surface area contributed by atoms with Gasteiger partial charge in [-0.25, -0.2) is 4.79 Å². The van der Waals surface area contributed by atoms with Crippen molar-refractivity contribution < 1.29 is 24.2 Å². The Bertz CT molecular complexity index is 441. The number of carbonyl (C=O) groups excluding carboxylic acids is 1. The minimum absolute atomic E-state index is 0.0544. The molecular weight excluding hydrogens is 280 g/mol. The van der Waals surface area contributed by atoms with Crippen molar-refractivity contribution in [3.05, 3.63) is 22.2 Å². The Hall–Kier alpha value is -1.56. The van der Waals surface area contributed by atoms with Gasteiger partial charge < -0.3 is 14.6 Å². The van der Waals surface area contributed by atoms with E-state index in [9.17, 15) is 9.59 Å². The van der Waals surface area contributed by atoms with E-state index in [1.54, 1.807) is 6.07 Å². The Morgan fingerprint density at radius 3 is 2.31 bits per heavy atom. The van der Waals surface area contributed by atoms with Crippen molar-refractivity contribution in [3.63, 3.8) is 0 Å². The highest BCUT2D eigenvalue weighted by atomic mass is 79.9. The predicted octanol–water partition coefficient (Wildman–Crippen LogP) is 1.73. The number of Topliss-reactive ketones (excluding diaryl/α,β-unsaturated/α-hetero) is 1. The highest BCUT2D eigenvalue weighted by Gasteiger charge is 2.22. The molecule has 0 aliphatic rings. The van der Waals surface area contributed by atoms with E-state index in [0.29, 0.717) is 10.2 Å². The number of hydrogen-bond acceptors (Lipinski definition) is 4. The number of carbonyl (C=O) groups is 2. The van der Waals surface area contributed by atoms with Crippen LogP contribution >= 0.6 is 15.9 Å². The number of benzene rings is 1. The van der Waals surface area contributed by atoms with Crippen molar-refractivity contribution in [1.29, 1.82) is 0 Å². The van der Waals surface area contributed by atoms with Gasteiger partial charge in [0.05, 0.1) is 19.8 Å². The Labute approximate surface area is 100 Å². The van der Waals surface area contributed by atoms with Crippen LogP contribution in [-0.2, 0) is 4.79 Å². The summed E-state index contributed by atoms with van der Waals surface area (Å²) in [7, 11) is 2.74. The van der Waals surface area contributed by atoms with Crippen LogP contribution in [-0.4, -0.2) is 31.1 Å². The molecule has 16 heavy (non-hydrogen) atoms. The fourth-order valence-corrected chi connectivity index (χ4v) is 1.65. The highest BCUT2D eigenvalue weighted by molar-refractivity contribution is 9.10. The number of hydrogen-bond donors (Lipinski definition) is 1. The van der Waals surface area contributed by atoms with Crippen molar-refractivity contribution in [2.45, 2.75) is 0 Å². The largest absolute Gasteiger partial charge is 0.493 e. The van der Waals surface area contributed by atoms with Crippen LogP contribution in [0, 0.1) is 0 Å². The molecule has 0 spiro atoms. The van der Waals surface area contributed by atoms with E-state index in [1.807, 2.05) is 0 Å². The first-order chi connectivity index (χ1) is 7.51. The number of carboxylic acid groups (broad SMARTS) is 1. The van der Waals surface area contributed by atoms with Gasteiger partial charge in [-0.2, -0.15) is 0 Å². The number of ether oxygens (including phenoxy) is 2. The van der Waals surface area contributed by atoms with Crippen LogP contribution in [0.1, 0.15) is 10.4 Å². The summed E-state index contributed by atoms with van der Waals surface area (Å²) in [6, 6.07) is 2.95. The smallest absolute Gasteiger partial charge is 0.377 e. The monoisotopic (exact) mass is 288 g/mol. The van der Waals surface area contributed by atoms with Crippen LogP contribution in [0.5, 0.6) is 11.5 Å². The van der Waals surface area contributed by atoms with E-state index in [4.69, 9.17) is 14.6 Å². The number of halogens is 1. The Balaban J connectivity index is 3.42. The molecule has 0 fully saturated rings. The van der Waals surface area contributed by atoms with Crippen LogP contribution in [0.4, 0.5) is 0 Å². The lowest BCUT2D eigenvalue weighted by Gasteiger charge is -2.11. The maximum atomic E-state index is 11.4. The van der Waals surface area contributed by atoms with E-state index in [-0.39, 0.29) is 11.3 Å². The van der Waals surface area contributed by atoms with Crippen LogP contribution < -0.4 is 9.47 Å². The second-order valence-corrected chi connectivity index (χ2v) is 3.74. The summed E-state index contributed by atoms with van der Waals surface area (Å²) in [5.74, 6) is -2.19. The molecule has 0 saturated heterocycles. The van der Waals surface area contributed by atoms with E-state index in [1.165, 1.54) is 20.3 Å². The van der Waals surface area contributed by atoms with Crippen molar-refractivity contribution in [2.24, 2.45) is 0 Å². The third-order valence-corrected chi connectivity index (χ3v) is 2.34. The fraction of sp³-hybridized carbons (Fsp3) is 0.200. The van der Waals surface area contributed by atoms with Crippen molar-refractivity contribution in [3.8, 4) is 11.5 Å². The second-order valence-electron chi connectivity index (χ2n) is 2.82. The zero-order valence-corrected chi connectivity index (χ0v) is 10.2. The van der Waals surface area contributed by atoms with Gasteiger partial charge in [-0.1, -0.05) is 15.9 Å². The molecule has 1 aromatic carbocycles. The molecule has 0 heterocycles. The number of aliphatic carboxylic acids is 1. The van der Waals surface area contributed by atoms with Gasteiger partial charge in [0.25, 0.3) is 5.78 Å². The molecule has 0 radical (unpaired) electrons. The van der Waals surface area contributed by atoms with Gasteiger partial charge in [0, 0.05) is 4.47 Å². The number of carboxylic acids is 1. The Morgan fingerprint density at radius 1 is 1.25 bits per heavy atom. The van der Waals surface area contributed by atoms with Gasteiger partial charge in [-0.3, -0.25) is 4.79 Å². The summed E-state index contributed by atoms with van der Waals surface area (Å²) >= 11 is 3.15. The van der Waals surface area contributed by atoms with Gasteiger partial charge in [0.2, 0.25) is 0 Å². The van der Waals surface area contributed by atoms with Crippen LogP contribution in [0.2, 0.25) is 0 Å². The van der Waals surface area contributed by atoms with Crippen LogP contribution in [0.3, 0.4) is 0 Å². The molecule has 86 valence electrons. The molecule has 0 amide bonds. The predicted molar refractivity (Wildman–Crippen MR) is 59.2 cm³/mol. The quantitative estimate of drug-likeness (QED) is 0.675. The lowest BCUT2D eigenvalue weighted by atomic mass is 10.1. The van der Waals surface area contributed by atoms with E-state index >= 15 is 0 Å². The molecule has 6 heteroatoms. The first-order valence-corrected chi connectivity index (χ1v) is 4.99. The Kier molecular flexibility index (Phi) is 3.89. The lowest BCUT2D eigenvalue weighted by molar-refractivity contribution is -0.131. The summed E-state index contributed by atoms with van der Waals surface area (Å²) in [5.41, 5.74) is -0.0544. The standard InChI is InChI=1S/C10H9BrO5/c1-15-7-4-5(11)3-6(9(7)16-2)8(12)10(13)14/h3-4H,1-2H3,(H,13,14). The molecule has 0 bridgehead atoms. The van der Waals surface area contributed by atoms with Gasteiger partial charge in [0.1, 0.15) is 0 Å². The highest BCUT2D eigenvalue weighted by Crippen LogP contribution is 2.34. The molecule has 5 nitrogen and oxygen atoms in total. The number of rotatable bonds is 4. The molecule has 0 atom stereocenters. The molecule has 0 unspecified atom stereocenters. The fourth-order valence-electron chi connectivity index (χ4n) is 1.21. The topological polar surface area (TPSA) is 72.8 Å². The van der Waals surface area contributed by atoms with Crippen LogP contribution in [0.25, 0.3) is 0 Å². The van der Waals surface area contributed by atoms with Gasteiger partial charge in [-0.15, -0.1) is 0 Å². The average Bonchev–Trinajstić information content (AvgIpc) is 2.26. The first kappa shape index (κ1) is 12.5. The maximum absolute atomic E-state index is 11.4. The molecule has 0 aliphatic heterocycles. The molecule has 0 aromatic heterocycles. The first-order valence-electron chi connectivity index (χ1n) is 4.20. The molecule has 1 rings (SSSR count). The minimum Gasteiger partial charge on any atom is -0.493 e.